The molecule has 3 saturated carbocycles. The molecule has 0 N–H and O–H groups in total. The molecule has 0 spiro atoms. The number of hydrogen-bond acceptors (Lipinski definition) is 8. The summed E-state index contributed by atoms with van der Waals surface area (Å²) in [6.45, 7) is 8.21. The van der Waals surface area contributed by atoms with Crippen molar-refractivity contribution < 1.29 is 28.6 Å². The van der Waals surface area contributed by atoms with E-state index in [9.17, 15) is 14.4 Å². The van der Waals surface area contributed by atoms with Gasteiger partial charge in [-0.15, -0.1) is 0 Å². The number of aldehydes is 1. The average Bonchev–Trinajstić information content (AvgIpc) is 3.35. The van der Waals surface area contributed by atoms with E-state index in [0.29, 0.717) is 47.7 Å². The molecule has 4 fully saturated rings. The predicted molar refractivity (Wildman–Crippen MR) is 170 cm³/mol. The number of amides is 1. The van der Waals surface area contributed by atoms with Crippen molar-refractivity contribution in [2.24, 2.45) is 35.0 Å². The van der Waals surface area contributed by atoms with Crippen LogP contribution in [-0.4, -0.2) is 64.9 Å². The number of hydrogen-bond donors (Lipinski definition) is 0. The molecule has 7 rings (SSSR count). The topological polar surface area (TPSA) is 108 Å². The minimum absolute atomic E-state index is 0.00735. The van der Waals surface area contributed by atoms with E-state index < -0.39 is 23.5 Å². The number of carbonyl (C=O) groups is 3. The van der Waals surface area contributed by atoms with Crippen molar-refractivity contribution in [1.29, 1.82) is 0 Å². The molecule has 3 heterocycles. The van der Waals surface area contributed by atoms with E-state index in [2.05, 4.69) is 0 Å². The molecule has 3 aliphatic carbocycles. The highest BCUT2D eigenvalue weighted by molar-refractivity contribution is 5.87. The fraction of sp³-hybridized carbons (Fsp3) is 0.694. The van der Waals surface area contributed by atoms with Crippen LogP contribution in [0, 0.1) is 35.0 Å². The molecular formula is C36H49N3O6. The van der Waals surface area contributed by atoms with Crippen LogP contribution in [0.15, 0.2) is 18.2 Å². The van der Waals surface area contributed by atoms with Crippen LogP contribution in [0.1, 0.15) is 91.2 Å². The third-order valence-corrected chi connectivity index (χ3v) is 11.1. The Morgan fingerprint density at radius 3 is 2.53 bits per heavy atom. The van der Waals surface area contributed by atoms with E-state index in [4.69, 9.17) is 24.2 Å². The Kier molecular flexibility index (Phi) is 9.08. The zero-order chi connectivity index (χ0) is 31.9. The molecule has 9 nitrogen and oxygen atoms in total. The Balaban J connectivity index is 1.36. The van der Waals surface area contributed by atoms with Crippen molar-refractivity contribution in [1.82, 2.24) is 14.9 Å². The fourth-order valence-electron chi connectivity index (χ4n) is 8.41. The van der Waals surface area contributed by atoms with Crippen molar-refractivity contribution in [3.05, 3.63) is 23.9 Å². The first-order chi connectivity index (χ1) is 21.6. The Hall–Kier alpha value is -3.23. The van der Waals surface area contributed by atoms with Crippen LogP contribution in [0.4, 0.5) is 0 Å². The van der Waals surface area contributed by atoms with Gasteiger partial charge in [0.1, 0.15) is 29.9 Å². The van der Waals surface area contributed by atoms with Crippen molar-refractivity contribution in [3.63, 3.8) is 0 Å². The van der Waals surface area contributed by atoms with Gasteiger partial charge in [0.25, 0.3) is 0 Å². The van der Waals surface area contributed by atoms with Crippen LogP contribution in [0.5, 0.6) is 11.6 Å². The second-order valence-electron chi connectivity index (χ2n) is 14.9. The number of esters is 1. The van der Waals surface area contributed by atoms with Crippen LogP contribution in [0.2, 0.25) is 0 Å². The normalized spacial score (nSPS) is 32.7. The molecule has 1 amide bonds. The molecule has 1 aromatic heterocycles. The summed E-state index contributed by atoms with van der Waals surface area (Å²) in [5, 5.41) is 0. The van der Waals surface area contributed by atoms with Crippen molar-refractivity contribution in [2.75, 3.05) is 13.7 Å². The monoisotopic (exact) mass is 619 g/mol. The lowest BCUT2D eigenvalue weighted by Gasteiger charge is -2.50. The number of carbonyl (C=O) groups excluding carboxylic acids is 3. The second kappa shape index (κ2) is 12.9. The van der Waals surface area contributed by atoms with Gasteiger partial charge in [0.15, 0.2) is 0 Å². The minimum atomic E-state index is -0.651. The molecule has 1 saturated heterocycles. The summed E-state index contributed by atoms with van der Waals surface area (Å²) < 4.78 is 18.3. The van der Waals surface area contributed by atoms with Crippen molar-refractivity contribution in [2.45, 2.75) is 110 Å². The molecule has 244 valence electrons. The van der Waals surface area contributed by atoms with E-state index in [1.54, 1.807) is 12.0 Å². The number of fused-ring (bicyclic) bond motifs is 4. The van der Waals surface area contributed by atoms with Gasteiger partial charge in [-0.25, -0.2) is 9.97 Å². The molecule has 2 aromatic rings. The fourth-order valence-corrected chi connectivity index (χ4v) is 8.41. The van der Waals surface area contributed by atoms with Gasteiger partial charge in [-0.3, -0.25) is 9.59 Å². The van der Waals surface area contributed by atoms with E-state index in [-0.39, 0.29) is 36.9 Å². The third kappa shape index (κ3) is 6.41. The van der Waals surface area contributed by atoms with Crippen molar-refractivity contribution in [3.8, 4) is 11.6 Å². The first kappa shape index (κ1) is 31.7. The number of aromatic nitrogens is 2. The quantitative estimate of drug-likeness (QED) is 0.307. The molecule has 0 radical (unpaired) electrons. The first-order valence-electron chi connectivity index (χ1n) is 17.1. The Morgan fingerprint density at radius 1 is 1.02 bits per heavy atom. The largest absolute Gasteiger partial charge is 0.497 e. The molecule has 5 aliphatic rings. The van der Waals surface area contributed by atoms with Gasteiger partial charge < -0.3 is 23.9 Å². The summed E-state index contributed by atoms with van der Waals surface area (Å²) in [5.74, 6) is 1.46. The van der Waals surface area contributed by atoms with Gasteiger partial charge in [-0.2, -0.15) is 0 Å². The number of nitrogens with zero attached hydrogens (tertiary/aromatic N) is 3. The summed E-state index contributed by atoms with van der Waals surface area (Å²) in [6.07, 6.45) is 9.21. The van der Waals surface area contributed by atoms with Crippen LogP contribution in [-0.2, 0) is 25.5 Å². The van der Waals surface area contributed by atoms with Gasteiger partial charge in [-0.1, -0.05) is 40.5 Å². The molecular weight excluding hydrogens is 570 g/mol. The highest BCUT2D eigenvalue weighted by Crippen LogP contribution is 2.52. The summed E-state index contributed by atoms with van der Waals surface area (Å²) in [6, 6.07) is 5.01. The SMILES string of the molecule is CC[C@@H]1[C@@H]2CN(C(=O)[C@H](C(C)(C)C)CC(=O)O[C@@H]3CC4CC(C4)[C@H]3CCCCCc3nc4ccc(OC)cc4nc3O2)[C@@H]1C=O. The van der Waals surface area contributed by atoms with Crippen LogP contribution in [0.3, 0.4) is 0 Å². The van der Waals surface area contributed by atoms with Crippen LogP contribution in [0.25, 0.3) is 11.0 Å². The summed E-state index contributed by atoms with van der Waals surface area (Å²) in [5.41, 5.74) is 1.75. The van der Waals surface area contributed by atoms with Gasteiger partial charge in [0.2, 0.25) is 11.8 Å². The predicted octanol–water partition coefficient (Wildman–Crippen LogP) is 5.95. The van der Waals surface area contributed by atoms with Crippen LogP contribution >= 0.6 is 0 Å². The van der Waals surface area contributed by atoms with E-state index >= 15 is 0 Å². The smallest absolute Gasteiger partial charge is 0.306 e. The lowest BCUT2D eigenvalue weighted by molar-refractivity contribution is -0.168. The highest BCUT2D eigenvalue weighted by atomic mass is 16.5. The number of aryl methyl sites for hydroxylation is 1. The molecule has 0 unspecified atom stereocenters. The molecule has 2 aliphatic heterocycles. The minimum Gasteiger partial charge on any atom is -0.497 e. The molecule has 6 atom stereocenters. The van der Waals surface area contributed by atoms with E-state index in [0.717, 1.165) is 49.6 Å². The van der Waals surface area contributed by atoms with Gasteiger partial charge in [-0.05, 0) is 80.2 Å². The number of ether oxygens (including phenoxy) is 3. The molecule has 4 bridgehead atoms. The summed E-state index contributed by atoms with van der Waals surface area (Å²) >= 11 is 0. The maximum Gasteiger partial charge on any atom is 0.306 e. The Bertz CT molecular complexity index is 1420. The van der Waals surface area contributed by atoms with Gasteiger partial charge >= 0.3 is 5.97 Å². The lowest BCUT2D eigenvalue weighted by Crippen LogP contribution is -2.48. The summed E-state index contributed by atoms with van der Waals surface area (Å²) in [7, 11) is 1.62. The third-order valence-electron chi connectivity index (χ3n) is 11.1. The van der Waals surface area contributed by atoms with Gasteiger partial charge in [0.05, 0.1) is 43.1 Å². The number of methoxy groups -OCH3 is 1. The van der Waals surface area contributed by atoms with Crippen molar-refractivity contribution >= 4 is 29.2 Å². The van der Waals surface area contributed by atoms with Gasteiger partial charge in [0, 0.05) is 12.0 Å². The molecule has 45 heavy (non-hydrogen) atoms. The first-order valence-corrected chi connectivity index (χ1v) is 17.1. The molecule has 9 heteroatoms. The van der Waals surface area contributed by atoms with E-state index in [1.165, 1.54) is 12.8 Å². The zero-order valence-corrected chi connectivity index (χ0v) is 27.5. The number of rotatable bonds is 3. The van der Waals surface area contributed by atoms with E-state index in [1.807, 2.05) is 45.9 Å². The lowest BCUT2D eigenvalue weighted by atomic mass is 9.57. The number of benzene rings is 1. The zero-order valence-electron chi connectivity index (χ0n) is 27.5. The van der Waals surface area contributed by atoms with Crippen LogP contribution < -0.4 is 9.47 Å². The maximum atomic E-state index is 14.3. The summed E-state index contributed by atoms with van der Waals surface area (Å²) in [4.78, 5) is 52.0. The average molecular weight is 620 g/mol. The maximum absolute atomic E-state index is 14.3. The highest BCUT2D eigenvalue weighted by Gasteiger charge is 2.50. The standard InChI is InChI=1S/C36H49N3O6/c1-6-24-30(20-40)39-19-32(24)45-34-28(37-27-13-12-23(43-5)17-29(27)38-34)11-9-7-8-10-25-22-14-21(15-22)16-31(25)44-33(41)18-26(35(39)42)36(2,3)4/h12-13,17,20-22,24-26,30-32H,6-11,14-16,18-19H2,1-5H3/t21?,22?,24-,25+,26+,30+,31+,32-/m0/s1. The second-order valence-corrected chi connectivity index (χ2v) is 14.9. The Labute approximate surface area is 266 Å². The molecule has 1 aromatic carbocycles. The Morgan fingerprint density at radius 2 is 1.82 bits per heavy atom.